The van der Waals surface area contributed by atoms with Crippen LogP contribution in [0.25, 0.3) is 22.4 Å². The Bertz CT molecular complexity index is 1130. The fraction of sp³-hybridized carbons (Fsp3) is 0.130. The molecule has 156 valence electrons. The number of methoxy groups -OCH3 is 1. The number of hydrogen-bond acceptors (Lipinski definition) is 2. The molecule has 3 aromatic rings. The molecule has 0 aromatic heterocycles. The number of halogens is 5. The fourth-order valence-corrected chi connectivity index (χ4v) is 2.86. The minimum Gasteiger partial charge on any atom is -0.494 e. The molecule has 0 spiro atoms. The first-order valence-electron chi connectivity index (χ1n) is 8.93. The topological polar surface area (TPSA) is 18.5 Å². The van der Waals surface area contributed by atoms with Gasteiger partial charge in [0, 0.05) is 5.56 Å². The molecular formula is C23H17F5O2. The SMILES string of the molecule is CC=CCOc1ccc(C(F)=C(F)c2cc3ccc(OC)c(F)c3c(F)c2F)cc1. The van der Waals surface area contributed by atoms with Crippen LogP contribution in [0.5, 0.6) is 11.5 Å². The van der Waals surface area contributed by atoms with Gasteiger partial charge in [0.2, 0.25) is 0 Å². The highest BCUT2D eigenvalue weighted by Gasteiger charge is 2.23. The first kappa shape index (κ1) is 21.4. The van der Waals surface area contributed by atoms with Crippen LogP contribution in [0, 0.1) is 17.5 Å². The molecule has 0 fully saturated rings. The van der Waals surface area contributed by atoms with Gasteiger partial charge in [0.05, 0.1) is 18.1 Å². The third-order valence-corrected chi connectivity index (χ3v) is 4.43. The zero-order valence-corrected chi connectivity index (χ0v) is 16.1. The second kappa shape index (κ2) is 8.98. The number of hydrogen-bond donors (Lipinski definition) is 0. The molecule has 0 amide bonds. The molecule has 2 nitrogen and oxygen atoms in total. The lowest BCUT2D eigenvalue weighted by Gasteiger charge is -2.10. The molecule has 3 rings (SSSR count). The Kier molecular flexibility index (Phi) is 6.40. The summed E-state index contributed by atoms with van der Waals surface area (Å²) in [6.07, 6.45) is 3.56. The summed E-state index contributed by atoms with van der Waals surface area (Å²) in [6, 6.07) is 8.60. The van der Waals surface area contributed by atoms with E-state index in [1.807, 2.05) is 6.92 Å². The minimum absolute atomic E-state index is 0.141. The summed E-state index contributed by atoms with van der Waals surface area (Å²) in [5, 5.41) is -0.843. The van der Waals surface area contributed by atoms with Crippen molar-refractivity contribution in [1.29, 1.82) is 0 Å². The molecule has 0 saturated heterocycles. The molecule has 0 aliphatic rings. The van der Waals surface area contributed by atoms with Crippen LogP contribution in [0.2, 0.25) is 0 Å². The van der Waals surface area contributed by atoms with Crippen LogP contribution in [0.1, 0.15) is 18.1 Å². The Morgan fingerprint density at radius 1 is 0.900 bits per heavy atom. The summed E-state index contributed by atoms with van der Waals surface area (Å²) in [5.74, 6) is -7.32. The maximum atomic E-state index is 14.7. The van der Waals surface area contributed by atoms with Gasteiger partial charge in [-0.3, -0.25) is 0 Å². The second-order valence-corrected chi connectivity index (χ2v) is 6.26. The van der Waals surface area contributed by atoms with E-state index in [1.54, 1.807) is 12.2 Å². The predicted octanol–water partition coefficient (Wildman–Crippen LogP) is 6.99. The van der Waals surface area contributed by atoms with Gasteiger partial charge in [-0.2, -0.15) is 0 Å². The van der Waals surface area contributed by atoms with Crippen molar-refractivity contribution >= 4 is 22.4 Å². The lowest BCUT2D eigenvalue weighted by atomic mass is 10.0. The minimum atomic E-state index is -1.70. The largest absolute Gasteiger partial charge is 0.494 e. The zero-order chi connectivity index (χ0) is 21.8. The van der Waals surface area contributed by atoms with E-state index < -0.39 is 40.1 Å². The molecule has 0 bridgehead atoms. The van der Waals surface area contributed by atoms with Crippen molar-refractivity contribution in [3.05, 3.63) is 83.2 Å². The van der Waals surface area contributed by atoms with E-state index in [0.29, 0.717) is 12.4 Å². The van der Waals surface area contributed by atoms with E-state index in [2.05, 4.69) is 0 Å². The van der Waals surface area contributed by atoms with E-state index in [1.165, 1.54) is 43.5 Å². The summed E-state index contributed by atoms with van der Waals surface area (Å²) < 4.78 is 82.7. The number of benzene rings is 3. The van der Waals surface area contributed by atoms with E-state index in [0.717, 1.165) is 6.07 Å². The van der Waals surface area contributed by atoms with Crippen molar-refractivity contribution in [2.24, 2.45) is 0 Å². The maximum absolute atomic E-state index is 14.7. The van der Waals surface area contributed by atoms with Crippen LogP contribution < -0.4 is 9.47 Å². The van der Waals surface area contributed by atoms with E-state index in [4.69, 9.17) is 9.47 Å². The summed E-state index contributed by atoms with van der Waals surface area (Å²) >= 11 is 0. The van der Waals surface area contributed by atoms with Crippen LogP contribution in [0.15, 0.2) is 54.6 Å². The normalized spacial score (nSPS) is 12.4. The first-order chi connectivity index (χ1) is 14.4. The summed E-state index contributed by atoms with van der Waals surface area (Å²) in [5.41, 5.74) is -1.14. The van der Waals surface area contributed by atoms with Crippen molar-refractivity contribution in [2.75, 3.05) is 13.7 Å². The molecule has 3 aromatic carbocycles. The molecule has 0 heterocycles. The van der Waals surface area contributed by atoms with E-state index >= 15 is 0 Å². The van der Waals surface area contributed by atoms with Crippen LogP contribution >= 0.6 is 0 Å². The maximum Gasteiger partial charge on any atom is 0.175 e. The van der Waals surface area contributed by atoms with Gasteiger partial charge in [0.25, 0.3) is 0 Å². The van der Waals surface area contributed by atoms with Gasteiger partial charge < -0.3 is 9.47 Å². The smallest absolute Gasteiger partial charge is 0.175 e. The number of allylic oxidation sites excluding steroid dienone is 1. The Morgan fingerprint density at radius 2 is 1.60 bits per heavy atom. The molecule has 0 N–H and O–H groups in total. The first-order valence-corrected chi connectivity index (χ1v) is 8.93. The predicted molar refractivity (Wildman–Crippen MR) is 106 cm³/mol. The summed E-state index contributed by atoms with van der Waals surface area (Å²) in [4.78, 5) is 0. The summed E-state index contributed by atoms with van der Waals surface area (Å²) in [6.45, 7) is 2.14. The molecule has 0 atom stereocenters. The van der Waals surface area contributed by atoms with Gasteiger partial charge in [-0.1, -0.05) is 18.2 Å². The highest BCUT2D eigenvalue weighted by atomic mass is 19.2. The quantitative estimate of drug-likeness (QED) is 0.243. The Hall–Kier alpha value is -3.35. The van der Waals surface area contributed by atoms with Gasteiger partial charge in [0.15, 0.2) is 34.9 Å². The molecule has 30 heavy (non-hydrogen) atoms. The van der Waals surface area contributed by atoms with Gasteiger partial charge in [-0.15, -0.1) is 0 Å². The Balaban J connectivity index is 2.03. The van der Waals surface area contributed by atoms with Crippen LogP contribution in [0.3, 0.4) is 0 Å². The molecule has 0 saturated carbocycles. The van der Waals surface area contributed by atoms with Gasteiger partial charge in [0.1, 0.15) is 12.4 Å². The average molecular weight is 420 g/mol. The number of rotatable bonds is 6. The second-order valence-electron chi connectivity index (χ2n) is 6.26. The lowest BCUT2D eigenvalue weighted by molar-refractivity contribution is 0.362. The van der Waals surface area contributed by atoms with Crippen molar-refractivity contribution in [1.82, 2.24) is 0 Å². The van der Waals surface area contributed by atoms with Crippen LogP contribution in [-0.2, 0) is 0 Å². The van der Waals surface area contributed by atoms with Gasteiger partial charge in [-0.25, -0.2) is 22.0 Å². The molecule has 0 unspecified atom stereocenters. The molecule has 0 aliphatic carbocycles. The number of fused-ring (bicyclic) bond motifs is 1. The Morgan fingerprint density at radius 3 is 2.23 bits per heavy atom. The van der Waals surface area contributed by atoms with Gasteiger partial charge in [-0.05, 0) is 48.7 Å². The average Bonchev–Trinajstić information content (AvgIpc) is 2.76. The third-order valence-electron chi connectivity index (χ3n) is 4.43. The van der Waals surface area contributed by atoms with Crippen molar-refractivity contribution in [3.63, 3.8) is 0 Å². The fourth-order valence-electron chi connectivity index (χ4n) is 2.86. The molecular weight excluding hydrogens is 403 g/mol. The molecule has 0 aliphatic heterocycles. The highest BCUT2D eigenvalue weighted by Crippen LogP contribution is 2.36. The Labute approximate surface area is 169 Å². The standard InChI is InChI=1S/C23H17F5O2/c1-3-4-11-30-15-8-5-13(6-9-15)19(24)20(25)16-12-14-7-10-17(29-2)22(27)18(14)23(28)21(16)26/h3-10,12H,11H2,1-2H3. The van der Waals surface area contributed by atoms with Gasteiger partial charge >= 0.3 is 0 Å². The monoisotopic (exact) mass is 420 g/mol. The zero-order valence-electron chi connectivity index (χ0n) is 16.1. The van der Waals surface area contributed by atoms with Crippen LogP contribution in [-0.4, -0.2) is 13.7 Å². The number of ether oxygens (including phenoxy) is 2. The summed E-state index contributed by atoms with van der Waals surface area (Å²) in [7, 11) is 1.17. The van der Waals surface area contributed by atoms with Crippen molar-refractivity contribution in [3.8, 4) is 11.5 Å². The molecule has 0 radical (unpaired) electrons. The van der Waals surface area contributed by atoms with E-state index in [9.17, 15) is 22.0 Å². The van der Waals surface area contributed by atoms with Crippen molar-refractivity contribution in [2.45, 2.75) is 6.92 Å². The van der Waals surface area contributed by atoms with E-state index in [-0.39, 0.29) is 16.7 Å². The van der Waals surface area contributed by atoms with Crippen molar-refractivity contribution < 1.29 is 31.4 Å². The third kappa shape index (κ3) is 4.01. The highest BCUT2D eigenvalue weighted by molar-refractivity contribution is 5.91. The lowest BCUT2D eigenvalue weighted by Crippen LogP contribution is -1.99. The van der Waals surface area contributed by atoms with Crippen LogP contribution in [0.4, 0.5) is 22.0 Å². The molecule has 7 heteroatoms.